The zero-order chi connectivity index (χ0) is 31.0. The Labute approximate surface area is 258 Å². The van der Waals surface area contributed by atoms with Gasteiger partial charge in [-0.3, -0.25) is 0 Å². The number of allylic oxidation sites excluding steroid dienone is 4. The summed E-state index contributed by atoms with van der Waals surface area (Å²) < 4.78 is 0. The smallest absolute Gasteiger partial charge is 0.00291 e. The van der Waals surface area contributed by atoms with Crippen LogP contribution in [-0.2, 0) is 0 Å². The molecule has 0 saturated heterocycles. The lowest BCUT2D eigenvalue weighted by molar-refractivity contribution is 0.687. The van der Waals surface area contributed by atoms with Gasteiger partial charge in [-0.1, -0.05) is 165 Å². The van der Waals surface area contributed by atoms with Crippen LogP contribution in [0.2, 0.25) is 0 Å². The van der Waals surface area contributed by atoms with Crippen molar-refractivity contribution >= 4 is 34.4 Å². The molecule has 2 aromatic rings. The summed E-state index contributed by atoms with van der Waals surface area (Å²) in [4.78, 5) is 0. The molecule has 0 saturated carbocycles. The van der Waals surface area contributed by atoms with Crippen molar-refractivity contribution in [2.45, 2.75) is 118 Å². The zero-order valence-corrected chi connectivity index (χ0v) is 31.5. The molecule has 3 rings (SSSR count). The van der Waals surface area contributed by atoms with Crippen LogP contribution in [0.4, 0.5) is 0 Å². The molecule has 0 radical (unpaired) electrons. The van der Waals surface area contributed by atoms with Gasteiger partial charge in [-0.25, -0.2) is 0 Å². The quantitative estimate of drug-likeness (QED) is 0.262. The van der Waals surface area contributed by atoms with Crippen molar-refractivity contribution < 1.29 is 0 Å². The molecule has 0 nitrogen and oxygen atoms in total. The Morgan fingerprint density at radius 3 is 1.37 bits per heavy atom. The van der Waals surface area contributed by atoms with Gasteiger partial charge in [-0.05, 0) is 82.0 Å². The van der Waals surface area contributed by atoms with Crippen molar-refractivity contribution in [3.63, 3.8) is 0 Å². The van der Waals surface area contributed by atoms with Gasteiger partial charge < -0.3 is 0 Å². The van der Waals surface area contributed by atoms with E-state index in [9.17, 15) is 0 Å². The van der Waals surface area contributed by atoms with Crippen LogP contribution in [0, 0.1) is 19.8 Å². The Morgan fingerprint density at radius 2 is 0.976 bits per heavy atom. The van der Waals surface area contributed by atoms with Crippen molar-refractivity contribution in [2.75, 3.05) is 18.5 Å². The van der Waals surface area contributed by atoms with E-state index >= 15 is 0 Å². The van der Waals surface area contributed by atoms with E-state index in [1.165, 1.54) is 23.5 Å². The Bertz CT molecular complexity index is 1160. The van der Waals surface area contributed by atoms with E-state index in [0.29, 0.717) is 26.5 Å². The summed E-state index contributed by atoms with van der Waals surface area (Å²) in [6.07, 6.45) is 8.91. The maximum atomic E-state index is 2.62. The number of benzene rings is 2. The highest BCUT2D eigenvalue weighted by atomic mass is 31.1. The van der Waals surface area contributed by atoms with Gasteiger partial charge in [-0.2, -0.15) is 0 Å². The van der Waals surface area contributed by atoms with Gasteiger partial charge >= 0.3 is 0 Å². The van der Waals surface area contributed by atoms with Crippen LogP contribution in [0.25, 0.3) is 0 Å². The average Bonchev–Trinajstić information content (AvgIpc) is 3.18. The summed E-state index contributed by atoms with van der Waals surface area (Å²) in [5.74, 6) is 0.565. The van der Waals surface area contributed by atoms with Gasteiger partial charge in [0, 0.05) is 12.1 Å². The lowest BCUT2D eigenvalue weighted by atomic mass is 10.0. The molecule has 0 N–H and O–H groups in total. The van der Waals surface area contributed by atoms with Gasteiger partial charge in [0.1, 0.15) is 0 Å². The van der Waals surface area contributed by atoms with Crippen LogP contribution >= 0.6 is 23.8 Å². The Morgan fingerprint density at radius 1 is 0.561 bits per heavy atom. The molecule has 0 aromatic heterocycles. The molecule has 1 aliphatic rings. The second-order valence-electron chi connectivity index (χ2n) is 16.1. The molecule has 1 aliphatic carbocycles. The van der Waals surface area contributed by atoms with Gasteiger partial charge in [0.25, 0.3) is 0 Å². The number of aryl methyl sites for hydroxylation is 2. The Kier molecular flexibility index (Phi) is 11.1. The van der Waals surface area contributed by atoms with Gasteiger partial charge in [-0.15, -0.1) is 0 Å². The van der Waals surface area contributed by atoms with E-state index in [-0.39, 0.29) is 15.8 Å². The minimum absolute atomic E-state index is 0.172. The second-order valence-corrected chi connectivity index (χ2v) is 26.0. The van der Waals surface area contributed by atoms with Crippen molar-refractivity contribution in [2.24, 2.45) is 5.92 Å². The molecule has 41 heavy (non-hydrogen) atoms. The lowest BCUT2D eigenvalue weighted by Crippen LogP contribution is -2.31. The third-order valence-corrected chi connectivity index (χ3v) is 19.2. The first-order valence-corrected chi connectivity index (χ1v) is 20.1. The van der Waals surface area contributed by atoms with Crippen molar-refractivity contribution in [3.05, 3.63) is 83.0 Å². The van der Waals surface area contributed by atoms with Crippen LogP contribution < -0.4 is 10.6 Å². The van der Waals surface area contributed by atoms with Gasteiger partial charge in [0.2, 0.25) is 0 Å². The normalized spacial score (nSPS) is 17.0. The summed E-state index contributed by atoms with van der Waals surface area (Å²) in [6, 6.07) is 18.3. The third kappa shape index (κ3) is 8.88. The molecule has 0 bridgehead atoms. The SMILES string of the molecule is Cc1ccccc1P(CC1=C(CP(C(C)(C)C)C(C)(C)C)C(CP(C(C)(C)C)C(C)(C)C)C=C1)c1ccccc1C. The van der Waals surface area contributed by atoms with Crippen LogP contribution in [0.3, 0.4) is 0 Å². The Balaban J connectivity index is 2.18. The minimum Gasteiger partial charge on any atom is -0.0947 e. The highest BCUT2D eigenvalue weighted by Gasteiger charge is 2.40. The largest absolute Gasteiger partial charge is 0.0947 e. The standard InChI is InChI=1S/C38H59P3/c1-28-19-15-17-21-33(28)39(34-22-18-16-20-29(34)2)25-30-23-24-31(26-40(35(3,4)5)36(6,7)8)32(30)27-41(37(9,10)11)38(12,13)14/h15-24,31H,25-27H2,1-14H3. The van der Waals surface area contributed by atoms with E-state index < -0.39 is 7.92 Å². The number of hydrogen-bond acceptors (Lipinski definition) is 0. The highest BCUT2D eigenvalue weighted by molar-refractivity contribution is 7.73. The monoisotopic (exact) mass is 608 g/mol. The average molecular weight is 609 g/mol. The molecule has 0 spiro atoms. The predicted octanol–water partition coefficient (Wildman–Crippen LogP) is 11.4. The summed E-state index contributed by atoms with van der Waals surface area (Å²) in [7, 11) is -0.882. The van der Waals surface area contributed by atoms with Crippen LogP contribution in [-0.4, -0.2) is 39.1 Å². The van der Waals surface area contributed by atoms with Crippen molar-refractivity contribution in [1.29, 1.82) is 0 Å². The topological polar surface area (TPSA) is 0 Å². The molecule has 2 aromatic carbocycles. The van der Waals surface area contributed by atoms with Gasteiger partial charge in [0.05, 0.1) is 0 Å². The van der Waals surface area contributed by atoms with Crippen LogP contribution in [0.5, 0.6) is 0 Å². The predicted molar refractivity (Wildman–Crippen MR) is 196 cm³/mol. The van der Waals surface area contributed by atoms with Crippen LogP contribution in [0.15, 0.2) is 71.8 Å². The molecule has 3 heteroatoms. The summed E-state index contributed by atoms with van der Waals surface area (Å²) in [5, 5.41) is 4.39. The van der Waals surface area contributed by atoms with E-state index in [0.717, 1.165) is 6.16 Å². The first kappa shape index (κ1) is 34.7. The summed E-state index contributed by atoms with van der Waals surface area (Å²) >= 11 is 0. The maximum Gasteiger partial charge on any atom is 0.00291 e. The molecular weight excluding hydrogens is 549 g/mol. The molecule has 226 valence electrons. The van der Waals surface area contributed by atoms with E-state index in [1.54, 1.807) is 21.8 Å². The number of rotatable bonds is 8. The lowest BCUT2D eigenvalue weighted by Gasteiger charge is -2.45. The first-order valence-electron chi connectivity index (χ1n) is 15.6. The molecule has 1 unspecified atom stereocenters. The molecule has 0 heterocycles. The number of hydrogen-bond donors (Lipinski definition) is 0. The van der Waals surface area contributed by atoms with E-state index in [1.807, 2.05) is 0 Å². The fourth-order valence-corrected chi connectivity index (χ4v) is 17.2. The van der Waals surface area contributed by atoms with Crippen molar-refractivity contribution in [1.82, 2.24) is 0 Å². The molecule has 1 atom stereocenters. The first-order chi connectivity index (χ1) is 18.7. The van der Waals surface area contributed by atoms with Gasteiger partial charge in [0.15, 0.2) is 0 Å². The van der Waals surface area contributed by atoms with Crippen molar-refractivity contribution in [3.8, 4) is 0 Å². The maximum absolute atomic E-state index is 2.62. The molecule has 0 amide bonds. The highest BCUT2D eigenvalue weighted by Crippen LogP contribution is 2.64. The fraction of sp³-hybridized carbons (Fsp3) is 0.579. The molecular formula is C38H59P3. The summed E-state index contributed by atoms with van der Waals surface area (Å²) in [5.41, 5.74) is 6.28. The third-order valence-electron chi connectivity index (χ3n) is 8.48. The van der Waals surface area contributed by atoms with E-state index in [2.05, 4.69) is 158 Å². The minimum atomic E-state index is -0.493. The fourth-order valence-electron chi connectivity index (χ4n) is 6.84. The zero-order valence-electron chi connectivity index (χ0n) is 28.8. The molecule has 0 aliphatic heterocycles. The molecule has 0 fully saturated rings. The van der Waals surface area contributed by atoms with E-state index in [4.69, 9.17) is 0 Å². The Hall–Kier alpha value is -0.790. The van der Waals surface area contributed by atoms with Crippen LogP contribution in [0.1, 0.15) is 94.2 Å². The second kappa shape index (κ2) is 13.1. The summed E-state index contributed by atoms with van der Waals surface area (Å²) in [6.45, 7) is 34.5.